The number of carboxylic acid groups (broad SMARTS) is 1. The van der Waals surface area contributed by atoms with E-state index in [1.54, 1.807) is 18.2 Å². The molecular formula is C11H12BrClN2O3. The Morgan fingerprint density at radius 1 is 1.50 bits per heavy atom. The normalized spacial score (nSPS) is 11.8. The van der Waals surface area contributed by atoms with Crippen LogP contribution in [0.5, 0.6) is 0 Å². The molecule has 0 bridgehead atoms. The maximum Gasteiger partial charge on any atom is 0.326 e. The number of anilines is 1. The minimum absolute atomic E-state index is 0.378. The Labute approximate surface area is 118 Å². The average molecular weight is 336 g/mol. The molecule has 98 valence electrons. The number of nitrogens with zero attached hydrogens (tertiary/aromatic N) is 1. The van der Waals surface area contributed by atoms with E-state index in [4.69, 9.17) is 16.7 Å². The van der Waals surface area contributed by atoms with Crippen molar-refractivity contribution < 1.29 is 14.7 Å². The highest BCUT2D eigenvalue weighted by molar-refractivity contribution is 9.10. The zero-order chi connectivity index (χ0) is 13.9. The van der Waals surface area contributed by atoms with Crippen LogP contribution in [0, 0.1) is 0 Å². The van der Waals surface area contributed by atoms with Gasteiger partial charge < -0.3 is 15.3 Å². The highest BCUT2D eigenvalue weighted by Gasteiger charge is 2.22. The van der Waals surface area contributed by atoms with Crippen LogP contribution in [-0.2, 0) is 4.79 Å². The molecule has 5 nitrogen and oxygen atoms in total. The van der Waals surface area contributed by atoms with Crippen LogP contribution < -0.4 is 5.32 Å². The summed E-state index contributed by atoms with van der Waals surface area (Å²) in [5, 5.41) is 11.7. The van der Waals surface area contributed by atoms with Gasteiger partial charge in [0.1, 0.15) is 6.04 Å². The molecule has 0 saturated carbocycles. The number of hydrogen-bond donors (Lipinski definition) is 2. The molecule has 0 heterocycles. The van der Waals surface area contributed by atoms with Gasteiger partial charge in [-0.05, 0) is 25.1 Å². The number of carbonyl (C=O) groups is 2. The van der Waals surface area contributed by atoms with E-state index in [0.29, 0.717) is 10.7 Å². The zero-order valence-electron chi connectivity index (χ0n) is 9.78. The highest BCUT2D eigenvalue weighted by atomic mass is 79.9. The summed E-state index contributed by atoms with van der Waals surface area (Å²) >= 11 is 9.17. The summed E-state index contributed by atoms with van der Waals surface area (Å²) in [7, 11) is 1.40. The van der Waals surface area contributed by atoms with E-state index in [9.17, 15) is 9.59 Å². The van der Waals surface area contributed by atoms with Crippen molar-refractivity contribution in [1.29, 1.82) is 0 Å². The molecule has 0 fully saturated rings. The third-order valence-corrected chi connectivity index (χ3v) is 3.25. The van der Waals surface area contributed by atoms with E-state index in [2.05, 4.69) is 21.2 Å². The lowest BCUT2D eigenvalue weighted by Crippen LogP contribution is -2.42. The fourth-order valence-electron chi connectivity index (χ4n) is 1.14. The molecule has 2 amide bonds. The van der Waals surface area contributed by atoms with Crippen molar-refractivity contribution in [3.8, 4) is 0 Å². The molecule has 0 aliphatic rings. The molecule has 0 aliphatic carbocycles. The van der Waals surface area contributed by atoms with E-state index in [0.717, 1.165) is 9.37 Å². The number of carbonyl (C=O) groups excluding carboxylic acids is 1. The molecule has 0 aliphatic heterocycles. The molecule has 1 atom stereocenters. The first kappa shape index (κ1) is 14.8. The summed E-state index contributed by atoms with van der Waals surface area (Å²) < 4.78 is 0.760. The standard InChI is InChI=1S/C11H12BrClN2O3/c1-6(10(16)17)15(2)11(18)14-9-5-7(12)3-4-8(9)13/h3-6H,1-2H3,(H,14,18)(H,16,17). The van der Waals surface area contributed by atoms with Crippen LogP contribution in [-0.4, -0.2) is 35.1 Å². The van der Waals surface area contributed by atoms with Gasteiger partial charge in [0.25, 0.3) is 0 Å². The predicted octanol–water partition coefficient (Wildman–Crippen LogP) is 3.04. The topological polar surface area (TPSA) is 69.6 Å². The van der Waals surface area contributed by atoms with E-state index < -0.39 is 18.0 Å². The van der Waals surface area contributed by atoms with Crippen molar-refractivity contribution in [2.24, 2.45) is 0 Å². The Balaban J connectivity index is 2.81. The van der Waals surface area contributed by atoms with E-state index in [1.807, 2.05) is 0 Å². The third kappa shape index (κ3) is 3.61. The number of nitrogens with one attached hydrogen (secondary N) is 1. The molecule has 1 aromatic carbocycles. The molecule has 2 N–H and O–H groups in total. The van der Waals surface area contributed by atoms with Crippen LogP contribution in [0.15, 0.2) is 22.7 Å². The van der Waals surface area contributed by atoms with Gasteiger partial charge in [-0.15, -0.1) is 0 Å². The monoisotopic (exact) mass is 334 g/mol. The Morgan fingerprint density at radius 3 is 2.67 bits per heavy atom. The van der Waals surface area contributed by atoms with Gasteiger partial charge in [-0.2, -0.15) is 0 Å². The van der Waals surface area contributed by atoms with E-state index >= 15 is 0 Å². The number of urea groups is 1. The minimum atomic E-state index is -1.08. The summed E-state index contributed by atoms with van der Waals surface area (Å²) in [6.45, 7) is 1.42. The van der Waals surface area contributed by atoms with Crippen molar-refractivity contribution in [2.45, 2.75) is 13.0 Å². The predicted molar refractivity (Wildman–Crippen MR) is 73.0 cm³/mol. The SMILES string of the molecule is CC(C(=O)O)N(C)C(=O)Nc1cc(Br)ccc1Cl. The molecule has 1 aromatic rings. The molecule has 7 heteroatoms. The van der Waals surface area contributed by atoms with Crippen molar-refractivity contribution >= 4 is 45.2 Å². The first-order valence-corrected chi connectivity index (χ1v) is 6.21. The minimum Gasteiger partial charge on any atom is -0.480 e. The summed E-state index contributed by atoms with van der Waals surface area (Å²) in [6.07, 6.45) is 0. The van der Waals surface area contributed by atoms with E-state index in [1.165, 1.54) is 14.0 Å². The third-order valence-electron chi connectivity index (χ3n) is 2.43. The molecule has 0 saturated heterocycles. The number of amides is 2. The fourth-order valence-corrected chi connectivity index (χ4v) is 1.66. The molecule has 18 heavy (non-hydrogen) atoms. The number of likely N-dealkylation sites (N-methyl/N-ethyl adjacent to an activating group) is 1. The number of rotatable bonds is 3. The van der Waals surface area contributed by atoms with Crippen molar-refractivity contribution in [1.82, 2.24) is 4.90 Å². The highest BCUT2D eigenvalue weighted by Crippen LogP contribution is 2.25. The van der Waals surface area contributed by atoms with Crippen LogP contribution in [0.25, 0.3) is 0 Å². The Kier molecular flexibility index (Phi) is 4.98. The van der Waals surface area contributed by atoms with Crippen LogP contribution in [0.3, 0.4) is 0 Å². The smallest absolute Gasteiger partial charge is 0.326 e. The van der Waals surface area contributed by atoms with Gasteiger partial charge in [0.15, 0.2) is 0 Å². The van der Waals surface area contributed by atoms with Gasteiger partial charge >= 0.3 is 12.0 Å². The summed E-state index contributed by atoms with van der Waals surface area (Å²) in [5.74, 6) is -1.08. The summed E-state index contributed by atoms with van der Waals surface area (Å²) in [4.78, 5) is 23.6. The Hall–Kier alpha value is -1.27. The molecule has 1 rings (SSSR count). The molecule has 0 radical (unpaired) electrons. The zero-order valence-corrected chi connectivity index (χ0v) is 12.1. The van der Waals surface area contributed by atoms with Gasteiger partial charge in [0.2, 0.25) is 0 Å². The van der Waals surface area contributed by atoms with Crippen LogP contribution in [0.4, 0.5) is 10.5 Å². The fraction of sp³-hybridized carbons (Fsp3) is 0.273. The van der Waals surface area contributed by atoms with Crippen molar-refractivity contribution in [3.05, 3.63) is 27.7 Å². The number of hydrogen-bond acceptors (Lipinski definition) is 2. The average Bonchev–Trinajstić information content (AvgIpc) is 2.31. The van der Waals surface area contributed by atoms with Gasteiger partial charge in [-0.1, -0.05) is 27.5 Å². The largest absolute Gasteiger partial charge is 0.480 e. The number of benzene rings is 1. The maximum absolute atomic E-state index is 11.8. The maximum atomic E-state index is 11.8. The molecule has 1 unspecified atom stereocenters. The van der Waals surface area contributed by atoms with Crippen molar-refractivity contribution in [2.75, 3.05) is 12.4 Å². The lowest BCUT2D eigenvalue weighted by Gasteiger charge is -2.22. The quantitative estimate of drug-likeness (QED) is 0.892. The lowest BCUT2D eigenvalue weighted by atomic mass is 10.3. The van der Waals surface area contributed by atoms with Crippen molar-refractivity contribution in [3.63, 3.8) is 0 Å². The van der Waals surface area contributed by atoms with Gasteiger partial charge in [-0.3, -0.25) is 0 Å². The number of halogens is 2. The number of aliphatic carboxylic acids is 1. The Bertz CT molecular complexity index is 481. The summed E-state index contributed by atoms with van der Waals surface area (Å²) in [5.41, 5.74) is 0.417. The Morgan fingerprint density at radius 2 is 2.11 bits per heavy atom. The lowest BCUT2D eigenvalue weighted by molar-refractivity contribution is -0.141. The van der Waals surface area contributed by atoms with Gasteiger partial charge in [0, 0.05) is 11.5 Å². The summed E-state index contributed by atoms with van der Waals surface area (Å²) in [6, 6.07) is 3.55. The molecule has 0 spiro atoms. The van der Waals surface area contributed by atoms with Gasteiger partial charge in [0.05, 0.1) is 10.7 Å². The van der Waals surface area contributed by atoms with Crippen LogP contribution >= 0.6 is 27.5 Å². The first-order chi connectivity index (χ1) is 8.32. The van der Waals surface area contributed by atoms with Crippen LogP contribution in [0.1, 0.15) is 6.92 Å². The van der Waals surface area contributed by atoms with Gasteiger partial charge in [-0.25, -0.2) is 9.59 Å². The second-order valence-electron chi connectivity index (χ2n) is 3.68. The molecular weight excluding hydrogens is 323 g/mol. The first-order valence-electron chi connectivity index (χ1n) is 5.04. The molecule has 0 aromatic heterocycles. The second kappa shape index (κ2) is 6.06. The van der Waals surface area contributed by atoms with Crippen LogP contribution in [0.2, 0.25) is 5.02 Å². The number of carboxylic acids is 1. The second-order valence-corrected chi connectivity index (χ2v) is 5.00. The van der Waals surface area contributed by atoms with E-state index in [-0.39, 0.29) is 0 Å².